The van der Waals surface area contributed by atoms with E-state index in [1.165, 1.54) is 34.7 Å². The highest BCUT2D eigenvalue weighted by Crippen LogP contribution is 2.20. The second-order valence-corrected chi connectivity index (χ2v) is 10.1. The minimum absolute atomic E-state index is 0.0529. The fraction of sp³-hybridized carbons (Fsp3) is 0.571. The second kappa shape index (κ2) is 9.96. The van der Waals surface area contributed by atoms with Crippen molar-refractivity contribution in [2.24, 2.45) is 13.0 Å². The average molecular weight is 483 g/mol. The van der Waals surface area contributed by atoms with E-state index in [9.17, 15) is 22.8 Å². The molecular formula is C21H30N4O7S. The fourth-order valence-electron chi connectivity index (χ4n) is 3.75. The third-order valence-corrected chi connectivity index (χ3v) is 6.96. The van der Waals surface area contributed by atoms with Crippen molar-refractivity contribution in [3.8, 4) is 0 Å². The zero-order chi connectivity index (χ0) is 24.3. The van der Waals surface area contributed by atoms with Crippen LogP contribution in [0.25, 0.3) is 11.1 Å². The molecule has 0 saturated carbocycles. The highest BCUT2D eigenvalue weighted by Gasteiger charge is 2.33. The summed E-state index contributed by atoms with van der Waals surface area (Å²) in [5, 5.41) is 0. The Balaban J connectivity index is 1.76. The van der Waals surface area contributed by atoms with Crippen LogP contribution in [0.5, 0.6) is 0 Å². The Morgan fingerprint density at radius 2 is 1.79 bits per heavy atom. The first kappa shape index (κ1) is 24.8. The Hall–Kier alpha value is -2.86. The number of carbonyl (C=O) groups excluding carboxylic acids is 2. The standard InChI is InChI=1S/C21H30N4O7S/c1-5-31-21(28)25-10-8-24(9-11-25)19(26)16(12-14(2)3)22-33(29,30)15-6-7-17-18(13-15)32-20(27)23(17)4/h6-7,13-14,16,22H,5,8-12H2,1-4H3/t16-/m1/s1. The number of piperazine rings is 1. The lowest BCUT2D eigenvalue weighted by molar-refractivity contribution is -0.135. The Kier molecular flexibility index (Phi) is 7.48. The monoisotopic (exact) mass is 482 g/mol. The van der Waals surface area contributed by atoms with Gasteiger partial charge >= 0.3 is 11.8 Å². The molecule has 0 bridgehead atoms. The molecule has 3 rings (SSSR count). The first-order valence-electron chi connectivity index (χ1n) is 10.9. The highest BCUT2D eigenvalue weighted by atomic mass is 32.2. The number of benzene rings is 1. The van der Waals surface area contributed by atoms with Gasteiger partial charge in [0.1, 0.15) is 6.04 Å². The second-order valence-electron chi connectivity index (χ2n) is 8.37. The molecule has 1 aliphatic heterocycles. The number of nitrogens with zero attached hydrogens (tertiary/aromatic N) is 3. The molecule has 33 heavy (non-hydrogen) atoms. The van der Waals surface area contributed by atoms with Gasteiger partial charge in [0, 0.05) is 39.3 Å². The maximum absolute atomic E-state index is 13.2. The first-order valence-corrected chi connectivity index (χ1v) is 12.3. The van der Waals surface area contributed by atoms with Crippen molar-refractivity contribution in [2.45, 2.75) is 38.1 Å². The summed E-state index contributed by atoms with van der Waals surface area (Å²) in [5.74, 6) is -0.887. The van der Waals surface area contributed by atoms with Crippen molar-refractivity contribution < 1.29 is 27.2 Å². The number of hydrogen-bond acceptors (Lipinski definition) is 7. The van der Waals surface area contributed by atoms with Gasteiger partial charge in [0.05, 0.1) is 17.0 Å². The lowest BCUT2D eigenvalue weighted by Crippen LogP contribution is -2.56. The van der Waals surface area contributed by atoms with Gasteiger partial charge in [-0.2, -0.15) is 4.72 Å². The first-order chi connectivity index (χ1) is 15.5. The van der Waals surface area contributed by atoms with Gasteiger partial charge in [-0.05, 0) is 31.4 Å². The van der Waals surface area contributed by atoms with E-state index in [1.54, 1.807) is 11.8 Å². The Morgan fingerprint density at radius 1 is 1.15 bits per heavy atom. The van der Waals surface area contributed by atoms with Crippen molar-refractivity contribution >= 4 is 33.1 Å². The number of amides is 2. The molecule has 2 amide bonds. The van der Waals surface area contributed by atoms with Crippen LogP contribution in [0.3, 0.4) is 0 Å². The van der Waals surface area contributed by atoms with Crippen LogP contribution in [0.4, 0.5) is 4.79 Å². The quantitative estimate of drug-likeness (QED) is 0.626. The molecule has 12 heteroatoms. The molecular weight excluding hydrogens is 452 g/mol. The Labute approximate surface area is 192 Å². The molecule has 2 heterocycles. The van der Waals surface area contributed by atoms with E-state index in [-0.39, 0.29) is 42.0 Å². The summed E-state index contributed by atoms with van der Waals surface area (Å²) in [4.78, 5) is 39.8. The molecule has 0 aliphatic carbocycles. The van der Waals surface area contributed by atoms with Crippen LogP contribution in [0.1, 0.15) is 27.2 Å². The summed E-state index contributed by atoms with van der Waals surface area (Å²) < 4.78 is 40.1. The maximum atomic E-state index is 13.2. The molecule has 1 aromatic heterocycles. The van der Waals surface area contributed by atoms with Crippen LogP contribution in [0.2, 0.25) is 0 Å². The topological polar surface area (TPSA) is 131 Å². The number of ether oxygens (including phenoxy) is 1. The molecule has 1 N–H and O–H groups in total. The minimum Gasteiger partial charge on any atom is -0.450 e. The van der Waals surface area contributed by atoms with Crippen molar-refractivity contribution in [3.63, 3.8) is 0 Å². The van der Waals surface area contributed by atoms with Crippen LogP contribution < -0.4 is 10.5 Å². The fourth-order valence-corrected chi connectivity index (χ4v) is 4.97. The molecule has 11 nitrogen and oxygen atoms in total. The minimum atomic E-state index is -4.07. The number of aryl methyl sites for hydroxylation is 1. The number of fused-ring (bicyclic) bond motifs is 1. The van der Waals surface area contributed by atoms with Crippen LogP contribution >= 0.6 is 0 Å². The smallest absolute Gasteiger partial charge is 0.419 e. The summed E-state index contributed by atoms with van der Waals surface area (Å²) in [5.41, 5.74) is 0.612. The van der Waals surface area contributed by atoms with Crippen molar-refractivity contribution in [2.75, 3.05) is 32.8 Å². The van der Waals surface area contributed by atoms with E-state index in [0.29, 0.717) is 25.0 Å². The maximum Gasteiger partial charge on any atom is 0.419 e. The Bertz CT molecular complexity index is 1180. The third-order valence-electron chi connectivity index (χ3n) is 5.49. The number of carbonyl (C=O) groups is 2. The normalized spacial score (nSPS) is 15.8. The molecule has 1 aromatic carbocycles. The summed E-state index contributed by atoms with van der Waals surface area (Å²) >= 11 is 0. The van der Waals surface area contributed by atoms with E-state index in [2.05, 4.69) is 4.72 Å². The van der Waals surface area contributed by atoms with Crippen molar-refractivity contribution in [3.05, 3.63) is 28.7 Å². The number of nitrogens with one attached hydrogen (secondary N) is 1. The zero-order valence-corrected chi connectivity index (χ0v) is 20.1. The van der Waals surface area contributed by atoms with Gasteiger partial charge in [-0.3, -0.25) is 9.36 Å². The van der Waals surface area contributed by atoms with Gasteiger partial charge in [-0.25, -0.2) is 18.0 Å². The molecule has 0 radical (unpaired) electrons. The van der Waals surface area contributed by atoms with E-state index < -0.39 is 27.9 Å². The van der Waals surface area contributed by atoms with Crippen LogP contribution in [0, 0.1) is 5.92 Å². The molecule has 2 aromatic rings. The molecule has 1 saturated heterocycles. The molecule has 1 fully saturated rings. The zero-order valence-electron chi connectivity index (χ0n) is 19.2. The van der Waals surface area contributed by atoms with E-state index in [0.717, 1.165) is 0 Å². The number of rotatable bonds is 7. The predicted molar refractivity (Wildman–Crippen MR) is 120 cm³/mol. The van der Waals surface area contributed by atoms with Crippen molar-refractivity contribution in [1.29, 1.82) is 0 Å². The summed E-state index contributed by atoms with van der Waals surface area (Å²) in [6, 6.07) is 3.16. The Morgan fingerprint density at radius 3 is 2.39 bits per heavy atom. The largest absolute Gasteiger partial charge is 0.450 e. The molecule has 0 unspecified atom stereocenters. The van der Waals surface area contributed by atoms with E-state index >= 15 is 0 Å². The lowest BCUT2D eigenvalue weighted by atomic mass is 10.0. The van der Waals surface area contributed by atoms with Gasteiger partial charge in [0.15, 0.2) is 5.58 Å². The summed E-state index contributed by atoms with van der Waals surface area (Å²) in [7, 11) is -2.54. The highest BCUT2D eigenvalue weighted by molar-refractivity contribution is 7.89. The predicted octanol–water partition coefficient (Wildman–Crippen LogP) is 1.13. The number of aromatic nitrogens is 1. The van der Waals surface area contributed by atoms with E-state index in [1.807, 2.05) is 13.8 Å². The van der Waals surface area contributed by atoms with E-state index in [4.69, 9.17) is 9.15 Å². The average Bonchev–Trinajstić information content (AvgIpc) is 3.05. The SMILES string of the molecule is CCOC(=O)N1CCN(C(=O)[C@@H](CC(C)C)NS(=O)(=O)c2ccc3c(c2)oc(=O)n3C)CC1. The lowest BCUT2D eigenvalue weighted by Gasteiger charge is -2.36. The molecule has 1 aliphatic rings. The van der Waals surface area contributed by atoms with Crippen molar-refractivity contribution in [1.82, 2.24) is 19.1 Å². The summed E-state index contributed by atoms with van der Waals surface area (Å²) in [6.45, 7) is 7.00. The number of hydrogen-bond donors (Lipinski definition) is 1. The summed E-state index contributed by atoms with van der Waals surface area (Å²) in [6.07, 6.45) is -0.120. The van der Waals surface area contributed by atoms with Gasteiger partial charge in [-0.15, -0.1) is 0 Å². The molecule has 0 spiro atoms. The van der Waals surface area contributed by atoms with Gasteiger partial charge in [0.25, 0.3) is 0 Å². The molecule has 182 valence electrons. The van der Waals surface area contributed by atoms with Crippen LogP contribution in [-0.2, 0) is 26.6 Å². The van der Waals surface area contributed by atoms with Crippen LogP contribution in [-0.4, -0.2) is 73.6 Å². The van der Waals surface area contributed by atoms with Crippen LogP contribution in [0.15, 0.2) is 32.3 Å². The molecule has 1 atom stereocenters. The van der Waals surface area contributed by atoms with Gasteiger partial charge in [-0.1, -0.05) is 13.8 Å². The van der Waals surface area contributed by atoms with Gasteiger partial charge in [0.2, 0.25) is 15.9 Å². The number of sulfonamides is 1. The third kappa shape index (κ3) is 5.56. The van der Waals surface area contributed by atoms with Gasteiger partial charge < -0.3 is 19.0 Å². The number of oxazole rings is 1.